The van der Waals surface area contributed by atoms with E-state index in [1.807, 2.05) is 47.0 Å². The molecular weight excluding hydrogens is 354 g/mol. The van der Waals surface area contributed by atoms with Crippen molar-refractivity contribution in [2.45, 2.75) is 18.9 Å². The van der Waals surface area contributed by atoms with Crippen molar-refractivity contribution >= 4 is 5.91 Å². The first-order chi connectivity index (χ1) is 13.6. The molecule has 1 fully saturated rings. The van der Waals surface area contributed by atoms with Crippen LogP contribution >= 0.6 is 0 Å². The summed E-state index contributed by atoms with van der Waals surface area (Å²) in [5.41, 5.74) is 1.46. The van der Waals surface area contributed by atoms with Crippen LogP contribution in [-0.2, 0) is 7.05 Å². The van der Waals surface area contributed by atoms with Crippen LogP contribution in [0.2, 0.25) is 0 Å². The molecule has 1 aliphatic heterocycles. The highest BCUT2D eigenvalue weighted by molar-refractivity contribution is 5.95. The molecule has 7 heteroatoms. The molecule has 1 aromatic carbocycles. The zero-order valence-electron chi connectivity index (χ0n) is 15.8. The molecule has 3 aromatic rings. The Morgan fingerprint density at radius 1 is 1.11 bits per heavy atom. The standard InChI is InChI=1S/C21H23N5O2/c1-25-13-10-24-20(25)18(27)15-6-11-26(12-7-15)21(28)17-5-2-4-16(14-17)19-22-8-3-9-23-19/h2-5,8-10,13-15,18,27H,6-7,11-12H2,1H3/t18-/m0/s1. The van der Waals surface area contributed by atoms with Gasteiger partial charge in [-0.25, -0.2) is 15.0 Å². The SMILES string of the molecule is Cn1ccnc1[C@@H](O)C1CCN(C(=O)c2cccc(-c3ncccn3)c2)CC1. The summed E-state index contributed by atoms with van der Waals surface area (Å²) in [6.07, 6.45) is 7.81. The summed E-state index contributed by atoms with van der Waals surface area (Å²) in [4.78, 5) is 27.6. The fourth-order valence-corrected chi connectivity index (χ4v) is 3.71. The van der Waals surface area contributed by atoms with Crippen molar-refractivity contribution < 1.29 is 9.90 Å². The maximum Gasteiger partial charge on any atom is 0.253 e. The van der Waals surface area contributed by atoms with Crippen LogP contribution in [0.1, 0.15) is 35.1 Å². The Bertz CT molecular complexity index is 948. The molecule has 1 N–H and O–H groups in total. The van der Waals surface area contributed by atoms with Crippen molar-refractivity contribution in [3.05, 3.63) is 66.5 Å². The zero-order valence-corrected chi connectivity index (χ0v) is 15.8. The number of nitrogens with zero attached hydrogens (tertiary/aromatic N) is 5. The third-order valence-corrected chi connectivity index (χ3v) is 5.33. The summed E-state index contributed by atoms with van der Waals surface area (Å²) < 4.78 is 1.85. The molecule has 1 amide bonds. The number of likely N-dealkylation sites (tertiary alicyclic amines) is 1. The maximum absolute atomic E-state index is 12.9. The number of amides is 1. The van der Waals surface area contributed by atoms with Gasteiger partial charge in [0.25, 0.3) is 5.91 Å². The number of hydrogen-bond donors (Lipinski definition) is 1. The van der Waals surface area contributed by atoms with Crippen molar-refractivity contribution in [2.75, 3.05) is 13.1 Å². The van der Waals surface area contributed by atoms with Crippen molar-refractivity contribution in [3.63, 3.8) is 0 Å². The zero-order chi connectivity index (χ0) is 19.5. The van der Waals surface area contributed by atoms with Gasteiger partial charge in [0.2, 0.25) is 0 Å². The number of benzene rings is 1. The lowest BCUT2D eigenvalue weighted by atomic mass is 9.90. The van der Waals surface area contributed by atoms with E-state index in [1.165, 1.54) is 0 Å². The summed E-state index contributed by atoms with van der Waals surface area (Å²) in [7, 11) is 1.88. The summed E-state index contributed by atoms with van der Waals surface area (Å²) in [6, 6.07) is 9.19. The number of carbonyl (C=O) groups is 1. The molecule has 2 aromatic heterocycles. The number of carbonyl (C=O) groups excluding carboxylic acids is 1. The number of aliphatic hydroxyl groups excluding tert-OH is 1. The molecule has 28 heavy (non-hydrogen) atoms. The van der Waals surface area contributed by atoms with Crippen molar-refractivity contribution in [1.29, 1.82) is 0 Å². The Balaban J connectivity index is 1.42. The average Bonchev–Trinajstić information content (AvgIpc) is 3.19. The Hall–Kier alpha value is -3.06. The maximum atomic E-state index is 12.9. The van der Waals surface area contributed by atoms with Gasteiger partial charge in [0, 0.05) is 56.1 Å². The molecule has 4 rings (SSSR count). The Morgan fingerprint density at radius 3 is 2.54 bits per heavy atom. The van der Waals surface area contributed by atoms with Gasteiger partial charge in [0.05, 0.1) is 0 Å². The van der Waals surface area contributed by atoms with Crippen molar-refractivity contribution in [3.8, 4) is 11.4 Å². The molecule has 1 aliphatic rings. The van der Waals surface area contributed by atoms with E-state index < -0.39 is 6.10 Å². The third-order valence-electron chi connectivity index (χ3n) is 5.33. The van der Waals surface area contributed by atoms with Gasteiger partial charge in [-0.3, -0.25) is 4.79 Å². The summed E-state index contributed by atoms with van der Waals surface area (Å²) >= 11 is 0. The lowest BCUT2D eigenvalue weighted by molar-refractivity contribution is 0.0420. The van der Waals surface area contributed by atoms with Crippen LogP contribution in [0.5, 0.6) is 0 Å². The Labute approximate surface area is 163 Å². The summed E-state index contributed by atoms with van der Waals surface area (Å²) in [5.74, 6) is 1.39. The van der Waals surface area contributed by atoms with E-state index in [-0.39, 0.29) is 11.8 Å². The number of piperidine rings is 1. The monoisotopic (exact) mass is 377 g/mol. The Kier molecular flexibility index (Phi) is 5.16. The summed E-state index contributed by atoms with van der Waals surface area (Å²) in [5, 5.41) is 10.6. The predicted octanol–water partition coefficient (Wildman–Crippen LogP) is 2.46. The molecule has 0 aliphatic carbocycles. The van der Waals surface area contributed by atoms with Gasteiger partial charge in [-0.2, -0.15) is 0 Å². The van der Waals surface area contributed by atoms with Gasteiger partial charge in [0.15, 0.2) is 5.82 Å². The van der Waals surface area contributed by atoms with Crippen LogP contribution in [0, 0.1) is 5.92 Å². The molecule has 0 bridgehead atoms. The van der Waals surface area contributed by atoms with Gasteiger partial charge >= 0.3 is 0 Å². The second kappa shape index (κ2) is 7.90. The molecule has 0 radical (unpaired) electrons. The van der Waals surface area contributed by atoms with Gasteiger partial charge < -0.3 is 14.6 Å². The lowest BCUT2D eigenvalue weighted by Crippen LogP contribution is -2.40. The van der Waals surface area contributed by atoms with Gasteiger partial charge in [0.1, 0.15) is 11.9 Å². The highest BCUT2D eigenvalue weighted by Gasteiger charge is 2.30. The first-order valence-electron chi connectivity index (χ1n) is 9.45. The van der Waals surface area contributed by atoms with Crippen LogP contribution in [0.25, 0.3) is 11.4 Å². The number of rotatable bonds is 4. The summed E-state index contributed by atoms with van der Waals surface area (Å²) in [6.45, 7) is 1.24. The average molecular weight is 377 g/mol. The minimum absolute atomic E-state index is 0.00251. The van der Waals surface area contributed by atoms with E-state index in [0.29, 0.717) is 30.3 Å². The molecule has 1 saturated heterocycles. The van der Waals surface area contributed by atoms with Crippen molar-refractivity contribution in [2.24, 2.45) is 13.0 Å². The smallest absolute Gasteiger partial charge is 0.253 e. The Morgan fingerprint density at radius 2 is 1.86 bits per heavy atom. The second-order valence-electron chi connectivity index (χ2n) is 7.12. The number of hydrogen-bond acceptors (Lipinski definition) is 5. The topological polar surface area (TPSA) is 84.1 Å². The quantitative estimate of drug-likeness (QED) is 0.755. The van der Waals surface area contributed by atoms with E-state index in [1.54, 1.807) is 24.7 Å². The van der Waals surface area contributed by atoms with Crippen molar-refractivity contribution in [1.82, 2.24) is 24.4 Å². The van der Waals surface area contributed by atoms with E-state index in [4.69, 9.17) is 0 Å². The molecule has 0 unspecified atom stereocenters. The predicted molar refractivity (Wildman–Crippen MR) is 104 cm³/mol. The molecule has 1 atom stereocenters. The highest BCUT2D eigenvalue weighted by atomic mass is 16.3. The number of aromatic nitrogens is 4. The van der Waals surface area contributed by atoms with Crippen LogP contribution in [0.3, 0.4) is 0 Å². The van der Waals surface area contributed by atoms with E-state index >= 15 is 0 Å². The molecule has 0 spiro atoms. The van der Waals surface area contributed by atoms with Crippen LogP contribution in [0.15, 0.2) is 55.1 Å². The van der Waals surface area contributed by atoms with Gasteiger partial charge in [-0.15, -0.1) is 0 Å². The fourth-order valence-electron chi connectivity index (χ4n) is 3.71. The second-order valence-corrected chi connectivity index (χ2v) is 7.12. The third kappa shape index (κ3) is 3.66. The molecule has 7 nitrogen and oxygen atoms in total. The molecule has 0 saturated carbocycles. The van der Waals surface area contributed by atoms with Crippen LogP contribution < -0.4 is 0 Å². The fraction of sp³-hybridized carbons (Fsp3) is 0.333. The van der Waals surface area contributed by atoms with E-state index in [9.17, 15) is 9.90 Å². The van der Waals surface area contributed by atoms with E-state index in [0.717, 1.165) is 18.4 Å². The largest absolute Gasteiger partial charge is 0.385 e. The normalized spacial score (nSPS) is 16.1. The molecular formula is C21H23N5O2. The van der Waals surface area contributed by atoms with Crippen LogP contribution in [0.4, 0.5) is 0 Å². The number of imidazole rings is 1. The van der Waals surface area contributed by atoms with Gasteiger partial charge in [-0.1, -0.05) is 12.1 Å². The van der Waals surface area contributed by atoms with E-state index in [2.05, 4.69) is 15.0 Å². The minimum atomic E-state index is -0.601. The first kappa shape index (κ1) is 18.3. The number of aryl methyl sites for hydroxylation is 1. The minimum Gasteiger partial charge on any atom is -0.385 e. The first-order valence-corrected chi connectivity index (χ1v) is 9.45. The molecule has 144 valence electrons. The molecule has 3 heterocycles. The lowest BCUT2D eigenvalue weighted by Gasteiger charge is -2.34. The highest BCUT2D eigenvalue weighted by Crippen LogP contribution is 2.30. The van der Waals surface area contributed by atoms with Gasteiger partial charge in [-0.05, 0) is 37.0 Å². The number of aliphatic hydroxyl groups is 1. The van der Waals surface area contributed by atoms with Crippen LogP contribution in [-0.4, -0.2) is 48.5 Å².